The van der Waals surface area contributed by atoms with Gasteiger partial charge in [-0.3, -0.25) is 0 Å². The lowest BCUT2D eigenvalue weighted by atomic mass is 10.1. The monoisotopic (exact) mass is 252 g/mol. The fourth-order valence-electron chi connectivity index (χ4n) is 1.97. The van der Waals surface area contributed by atoms with Crippen LogP contribution in [0, 0.1) is 0 Å². The second-order valence-corrected chi connectivity index (χ2v) is 4.53. The smallest absolute Gasteiger partial charge is 0.224 e. The minimum absolute atomic E-state index is 0.105. The van der Waals surface area contributed by atoms with Crippen LogP contribution >= 0.6 is 12.2 Å². The van der Waals surface area contributed by atoms with Gasteiger partial charge < -0.3 is 15.6 Å². The molecule has 1 aliphatic carbocycles. The molecule has 0 atom stereocenters. The van der Waals surface area contributed by atoms with E-state index in [1.54, 1.807) is 0 Å². The van der Waals surface area contributed by atoms with Crippen LogP contribution in [0.3, 0.4) is 0 Å². The quantitative estimate of drug-likeness (QED) is 0.603. The molecule has 0 fully saturated rings. The number of fused-ring (bicyclic) bond motifs is 1. The Hall–Kier alpha value is -1.20. The van der Waals surface area contributed by atoms with Crippen molar-refractivity contribution < 1.29 is 9.84 Å². The molecule has 3 N–H and O–H groups in total. The van der Waals surface area contributed by atoms with E-state index in [9.17, 15) is 0 Å². The highest BCUT2D eigenvalue weighted by Crippen LogP contribution is 2.26. The summed E-state index contributed by atoms with van der Waals surface area (Å²) in [6, 6.07) is 1.99. The first-order valence-corrected chi connectivity index (χ1v) is 6.19. The summed E-state index contributed by atoms with van der Waals surface area (Å²) >= 11 is 5.01. The van der Waals surface area contributed by atoms with Crippen LogP contribution in [0.5, 0.6) is 5.88 Å². The van der Waals surface area contributed by atoms with Crippen molar-refractivity contribution in [2.24, 2.45) is 5.73 Å². The van der Waals surface area contributed by atoms with Crippen molar-refractivity contribution in [1.82, 2.24) is 4.98 Å². The molecule has 0 saturated carbocycles. The summed E-state index contributed by atoms with van der Waals surface area (Å²) in [7, 11) is 0. The van der Waals surface area contributed by atoms with E-state index >= 15 is 0 Å². The molecule has 2 rings (SSSR count). The van der Waals surface area contributed by atoms with Crippen LogP contribution in [0.15, 0.2) is 6.07 Å². The Kier molecular flexibility index (Phi) is 3.91. The zero-order chi connectivity index (χ0) is 12.3. The molecule has 4 nitrogen and oxygen atoms in total. The molecule has 1 aliphatic rings. The molecule has 0 saturated heterocycles. The molecule has 1 heterocycles. The molecule has 0 amide bonds. The second kappa shape index (κ2) is 5.42. The second-order valence-electron chi connectivity index (χ2n) is 4.09. The van der Waals surface area contributed by atoms with Crippen LogP contribution in [0.1, 0.15) is 29.7 Å². The minimum atomic E-state index is 0.105. The number of aliphatic hydroxyl groups excluding tert-OH is 1. The minimum Gasteiger partial charge on any atom is -0.477 e. The lowest BCUT2D eigenvalue weighted by Gasteiger charge is -2.11. The van der Waals surface area contributed by atoms with E-state index < -0.39 is 0 Å². The topological polar surface area (TPSA) is 68.4 Å². The van der Waals surface area contributed by atoms with E-state index in [1.165, 1.54) is 5.56 Å². The highest BCUT2D eigenvalue weighted by atomic mass is 32.1. The molecule has 1 aromatic rings. The van der Waals surface area contributed by atoms with Crippen molar-refractivity contribution in [3.8, 4) is 5.88 Å². The number of hydrogen-bond donors (Lipinski definition) is 2. The molecule has 0 bridgehead atoms. The highest BCUT2D eigenvalue weighted by Gasteiger charge is 2.18. The number of rotatable bonds is 5. The van der Waals surface area contributed by atoms with Gasteiger partial charge in [-0.1, -0.05) is 12.2 Å². The zero-order valence-corrected chi connectivity index (χ0v) is 10.4. The highest BCUT2D eigenvalue weighted by molar-refractivity contribution is 7.80. The van der Waals surface area contributed by atoms with Crippen molar-refractivity contribution >= 4 is 17.2 Å². The van der Waals surface area contributed by atoms with E-state index in [2.05, 4.69) is 4.98 Å². The average molecular weight is 252 g/mol. The van der Waals surface area contributed by atoms with Crippen LogP contribution in [-0.4, -0.2) is 28.3 Å². The Labute approximate surface area is 106 Å². The van der Waals surface area contributed by atoms with Crippen LogP contribution < -0.4 is 10.5 Å². The van der Waals surface area contributed by atoms with Crippen molar-refractivity contribution in [3.63, 3.8) is 0 Å². The van der Waals surface area contributed by atoms with Gasteiger partial charge in [-0.15, -0.1) is 0 Å². The molecule has 0 radical (unpaired) electrons. The Balaban J connectivity index is 2.25. The predicted octanol–water partition coefficient (Wildman–Crippen LogP) is 0.966. The number of thiocarbonyl (C=S) groups is 1. The summed E-state index contributed by atoms with van der Waals surface area (Å²) in [6.07, 6.45) is 3.73. The maximum absolute atomic E-state index is 8.73. The van der Waals surface area contributed by atoms with Gasteiger partial charge in [0.25, 0.3) is 0 Å². The SMILES string of the molecule is NC(=S)c1cc2c(nc1OCCCO)CCC2. The van der Waals surface area contributed by atoms with Crippen LogP contribution in [-0.2, 0) is 12.8 Å². The third-order valence-corrected chi connectivity index (χ3v) is 3.04. The number of aliphatic hydroxyl groups is 1. The normalized spacial score (nSPS) is 13.5. The number of hydrogen-bond acceptors (Lipinski definition) is 4. The van der Waals surface area contributed by atoms with Crippen LogP contribution in [0.25, 0.3) is 0 Å². The molecule has 17 heavy (non-hydrogen) atoms. The maximum Gasteiger partial charge on any atom is 0.224 e. The summed E-state index contributed by atoms with van der Waals surface area (Å²) in [5, 5.41) is 8.73. The first-order valence-electron chi connectivity index (χ1n) is 5.78. The first kappa shape index (κ1) is 12.3. The third-order valence-electron chi connectivity index (χ3n) is 2.82. The number of nitrogens with zero attached hydrogens (tertiary/aromatic N) is 1. The van der Waals surface area contributed by atoms with Crippen molar-refractivity contribution in [1.29, 1.82) is 0 Å². The molecule has 1 aromatic heterocycles. The van der Waals surface area contributed by atoms with Gasteiger partial charge in [0.2, 0.25) is 5.88 Å². The van der Waals surface area contributed by atoms with E-state index in [1.807, 2.05) is 6.07 Å². The number of ether oxygens (including phenoxy) is 1. The van der Waals surface area contributed by atoms with Crippen LogP contribution in [0.2, 0.25) is 0 Å². The Bertz CT molecular complexity index is 435. The molecule has 0 aliphatic heterocycles. The fraction of sp³-hybridized carbons (Fsp3) is 0.500. The van der Waals surface area contributed by atoms with Gasteiger partial charge in [0.15, 0.2) is 0 Å². The number of aryl methyl sites for hydroxylation is 2. The average Bonchev–Trinajstić information content (AvgIpc) is 2.75. The summed E-state index contributed by atoms with van der Waals surface area (Å²) in [4.78, 5) is 4.79. The summed E-state index contributed by atoms with van der Waals surface area (Å²) in [5.41, 5.74) is 8.69. The fourth-order valence-corrected chi connectivity index (χ4v) is 2.12. The largest absolute Gasteiger partial charge is 0.477 e. The van der Waals surface area contributed by atoms with Gasteiger partial charge in [0.05, 0.1) is 12.2 Å². The Morgan fingerprint density at radius 3 is 3.06 bits per heavy atom. The summed E-state index contributed by atoms with van der Waals surface area (Å²) in [5.74, 6) is 0.506. The molecular formula is C12H16N2O2S. The molecule has 0 unspecified atom stereocenters. The predicted molar refractivity (Wildman–Crippen MR) is 69.3 cm³/mol. The van der Waals surface area contributed by atoms with Crippen LogP contribution in [0.4, 0.5) is 0 Å². The van der Waals surface area contributed by atoms with E-state index in [0.29, 0.717) is 29.5 Å². The standard InChI is InChI=1S/C12H16N2O2S/c13-11(17)9-7-8-3-1-4-10(8)14-12(9)16-6-2-5-15/h7,15H,1-6H2,(H2,13,17). The number of nitrogens with two attached hydrogens (primary N) is 1. The van der Waals surface area contributed by atoms with Gasteiger partial charge in [-0.25, -0.2) is 4.98 Å². The van der Waals surface area contributed by atoms with Crippen molar-refractivity contribution in [3.05, 3.63) is 22.9 Å². The lowest BCUT2D eigenvalue weighted by molar-refractivity contribution is 0.229. The van der Waals surface area contributed by atoms with E-state index in [-0.39, 0.29) is 6.61 Å². The molecule has 92 valence electrons. The summed E-state index contributed by atoms with van der Waals surface area (Å²) in [6.45, 7) is 0.533. The van der Waals surface area contributed by atoms with Gasteiger partial charge >= 0.3 is 0 Å². The molecule has 0 aromatic carbocycles. The number of aromatic nitrogens is 1. The van der Waals surface area contributed by atoms with Gasteiger partial charge in [0.1, 0.15) is 4.99 Å². The molecule has 5 heteroatoms. The Morgan fingerprint density at radius 1 is 1.53 bits per heavy atom. The lowest BCUT2D eigenvalue weighted by Crippen LogP contribution is -2.14. The first-order chi connectivity index (χ1) is 8.22. The maximum atomic E-state index is 8.73. The van der Waals surface area contributed by atoms with Crippen molar-refractivity contribution in [2.45, 2.75) is 25.7 Å². The summed E-state index contributed by atoms with van der Waals surface area (Å²) < 4.78 is 5.53. The zero-order valence-electron chi connectivity index (χ0n) is 9.61. The van der Waals surface area contributed by atoms with Gasteiger partial charge in [-0.05, 0) is 30.9 Å². The van der Waals surface area contributed by atoms with E-state index in [0.717, 1.165) is 25.0 Å². The van der Waals surface area contributed by atoms with E-state index in [4.69, 9.17) is 27.8 Å². The van der Waals surface area contributed by atoms with Crippen molar-refractivity contribution in [2.75, 3.05) is 13.2 Å². The molecular weight excluding hydrogens is 236 g/mol. The Morgan fingerprint density at radius 2 is 2.35 bits per heavy atom. The van der Waals surface area contributed by atoms with Gasteiger partial charge in [-0.2, -0.15) is 0 Å². The van der Waals surface area contributed by atoms with Gasteiger partial charge in [0, 0.05) is 18.7 Å². The number of pyridine rings is 1. The third kappa shape index (κ3) is 2.73. The molecule has 0 spiro atoms.